The molecule has 1 atom stereocenters. The molecule has 1 fully saturated rings. The minimum Gasteiger partial charge on any atom is -0.352 e. The summed E-state index contributed by atoms with van der Waals surface area (Å²) in [4.78, 5) is 25.0. The van der Waals surface area contributed by atoms with Crippen LogP contribution >= 0.6 is 0 Å². The molecule has 16 heavy (non-hydrogen) atoms. The van der Waals surface area contributed by atoms with Gasteiger partial charge in [-0.1, -0.05) is 6.92 Å². The van der Waals surface area contributed by atoms with Gasteiger partial charge in [0.15, 0.2) is 0 Å². The molecule has 1 heterocycles. The molecule has 1 saturated carbocycles. The Hall–Kier alpha value is -1.58. The maximum Gasteiger partial charge on any atom is 0.252 e. The van der Waals surface area contributed by atoms with Gasteiger partial charge in [-0.25, -0.2) is 0 Å². The summed E-state index contributed by atoms with van der Waals surface area (Å²) in [6.45, 7) is 2.87. The van der Waals surface area contributed by atoms with Crippen LogP contribution in [0.2, 0.25) is 0 Å². The molecule has 1 aromatic heterocycles. The summed E-state index contributed by atoms with van der Waals surface area (Å²) < 4.78 is 0. The van der Waals surface area contributed by atoms with Crippen molar-refractivity contribution in [3.63, 3.8) is 0 Å². The number of hydrogen-bond acceptors (Lipinski definition) is 2. The van der Waals surface area contributed by atoms with E-state index in [0.717, 1.165) is 5.92 Å². The molecule has 0 radical (unpaired) electrons. The molecule has 1 amide bonds. The molecule has 86 valence electrons. The number of carbonyl (C=O) groups is 1. The van der Waals surface area contributed by atoms with E-state index in [0.29, 0.717) is 18.0 Å². The lowest BCUT2D eigenvalue weighted by molar-refractivity contribution is 0.0946. The van der Waals surface area contributed by atoms with Crippen LogP contribution in [0.4, 0.5) is 0 Å². The van der Waals surface area contributed by atoms with Crippen molar-refractivity contribution < 1.29 is 4.79 Å². The Morgan fingerprint density at radius 1 is 1.56 bits per heavy atom. The van der Waals surface area contributed by atoms with Gasteiger partial charge in [0, 0.05) is 18.8 Å². The monoisotopic (exact) mass is 220 g/mol. The van der Waals surface area contributed by atoms with Crippen molar-refractivity contribution >= 4 is 5.91 Å². The van der Waals surface area contributed by atoms with Crippen molar-refractivity contribution in [2.45, 2.75) is 19.8 Å². The molecular formula is C12H16N2O2. The molecule has 1 aliphatic carbocycles. The van der Waals surface area contributed by atoms with E-state index in [1.54, 1.807) is 0 Å². The number of aromatic amines is 1. The molecular weight excluding hydrogens is 204 g/mol. The van der Waals surface area contributed by atoms with Gasteiger partial charge in [-0.2, -0.15) is 0 Å². The Bertz CT molecular complexity index is 414. The zero-order chi connectivity index (χ0) is 11.5. The standard InChI is InChI=1S/C12H16N2O2/c1-8(9-2-3-9)6-14-12(16)10-4-5-11(15)13-7-10/h4-5,7-9H,2-3,6H2,1H3,(H,13,15)(H,14,16). The largest absolute Gasteiger partial charge is 0.352 e. The Kier molecular flexibility index (Phi) is 3.08. The number of carbonyl (C=O) groups excluding carboxylic acids is 1. The van der Waals surface area contributed by atoms with E-state index >= 15 is 0 Å². The Labute approximate surface area is 94.1 Å². The number of H-pyrrole nitrogens is 1. The second-order valence-corrected chi connectivity index (χ2v) is 4.47. The normalized spacial score (nSPS) is 16.8. The van der Waals surface area contributed by atoms with Gasteiger partial charge in [-0.15, -0.1) is 0 Å². The predicted molar refractivity (Wildman–Crippen MR) is 61.3 cm³/mol. The molecule has 2 N–H and O–H groups in total. The first-order valence-corrected chi connectivity index (χ1v) is 5.64. The van der Waals surface area contributed by atoms with Crippen molar-refractivity contribution in [1.29, 1.82) is 0 Å². The Morgan fingerprint density at radius 3 is 2.88 bits per heavy atom. The summed E-state index contributed by atoms with van der Waals surface area (Å²) in [6, 6.07) is 2.90. The number of aromatic nitrogens is 1. The predicted octanol–water partition coefficient (Wildman–Crippen LogP) is 1.15. The maximum absolute atomic E-state index is 11.7. The van der Waals surface area contributed by atoms with Crippen LogP contribution in [-0.4, -0.2) is 17.4 Å². The summed E-state index contributed by atoms with van der Waals surface area (Å²) in [6.07, 6.45) is 4.02. The summed E-state index contributed by atoms with van der Waals surface area (Å²) in [7, 11) is 0. The Balaban J connectivity index is 1.87. The molecule has 4 heteroatoms. The molecule has 0 bridgehead atoms. The second kappa shape index (κ2) is 4.51. The van der Waals surface area contributed by atoms with Crippen molar-refractivity contribution in [2.24, 2.45) is 11.8 Å². The second-order valence-electron chi connectivity index (χ2n) is 4.47. The molecule has 4 nitrogen and oxygen atoms in total. The van der Waals surface area contributed by atoms with Gasteiger partial charge in [-0.3, -0.25) is 9.59 Å². The van der Waals surface area contributed by atoms with Crippen LogP contribution in [0, 0.1) is 11.8 Å². The van der Waals surface area contributed by atoms with Crippen molar-refractivity contribution in [3.05, 3.63) is 34.2 Å². The van der Waals surface area contributed by atoms with E-state index in [1.807, 2.05) is 0 Å². The van der Waals surface area contributed by atoms with Crippen LogP contribution in [-0.2, 0) is 0 Å². The third-order valence-corrected chi connectivity index (χ3v) is 3.06. The minimum atomic E-state index is -0.192. The smallest absolute Gasteiger partial charge is 0.252 e. The van der Waals surface area contributed by atoms with Gasteiger partial charge in [0.2, 0.25) is 5.56 Å². The highest BCUT2D eigenvalue weighted by atomic mass is 16.1. The van der Waals surface area contributed by atoms with Crippen LogP contribution in [0.5, 0.6) is 0 Å². The van der Waals surface area contributed by atoms with E-state index in [1.165, 1.54) is 31.2 Å². The highest BCUT2D eigenvalue weighted by Crippen LogP contribution is 2.36. The number of hydrogen-bond donors (Lipinski definition) is 2. The third-order valence-electron chi connectivity index (χ3n) is 3.06. The first kappa shape index (κ1) is 10.9. The van der Waals surface area contributed by atoms with E-state index < -0.39 is 0 Å². The lowest BCUT2D eigenvalue weighted by Gasteiger charge is -2.11. The molecule has 1 unspecified atom stereocenters. The van der Waals surface area contributed by atoms with E-state index in [2.05, 4.69) is 17.2 Å². The lowest BCUT2D eigenvalue weighted by Crippen LogP contribution is -2.29. The van der Waals surface area contributed by atoms with Crippen LogP contribution in [0.3, 0.4) is 0 Å². The highest BCUT2D eigenvalue weighted by molar-refractivity contribution is 5.93. The van der Waals surface area contributed by atoms with Crippen LogP contribution in [0.25, 0.3) is 0 Å². The molecule has 2 rings (SSSR count). The zero-order valence-electron chi connectivity index (χ0n) is 9.32. The summed E-state index contributed by atoms with van der Waals surface area (Å²) in [5.74, 6) is 1.21. The van der Waals surface area contributed by atoms with Gasteiger partial charge >= 0.3 is 0 Å². The highest BCUT2D eigenvalue weighted by Gasteiger charge is 2.27. The van der Waals surface area contributed by atoms with E-state index in [4.69, 9.17) is 0 Å². The molecule has 0 spiro atoms. The minimum absolute atomic E-state index is 0.122. The number of pyridine rings is 1. The van der Waals surface area contributed by atoms with Gasteiger partial charge < -0.3 is 10.3 Å². The number of rotatable bonds is 4. The first-order chi connectivity index (χ1) is 7.66. The fourth-order valence-electron chi connectivity index (χ4n) is 1.74. The Morgan fingerprint density at radius 2 is 2.31 bits per heavy atom. The zero-order valence-corrected chi connectivity index (χ0v) is 9.32. The molecule has 1 aromatic rings. The van der Waals surface area contributed by atoms with Gasteiger partial charge in [0.05, 0.1) is 5.56 Å². The molecule has 1 aliphatic rings. The van der Waals surface area contributed by atoms with Gasteiger partial charge in [0.25, 0.3) is 5.91 Å². The molecule has 0 aliphatic heterocycles. The number of amides is 1. The topological polar surface area (TPSA) is 62.0 Å². The maximum atomic E-state index is 11.7. The number of nitrogens with one attached hydrogen (secondary N) is 2. The van der Waals surface area contributed by atoms with Gasteiger partial charge in [0.1, 0.15) is 0 Å². The van der Waals surface area contributed by atoms with Gasteiger partial charge in [-0.05, 0) is 30.7 Å². The van der Waals surface area contributed by atoms with Crippen LogP contribution in [0.15, 0.2) is 23.1 Å². The first-order valence-electron chi connectivity index (χ1n) is 5.64. The fourth-order valence-corrected chi connectivity index (χ4v) is 1.74. The van der Waals surface area contributed by atoms with E-state index in [-0.39, 0.29) is 11.5 Å². The summed E-state index contributed by atoms with van der Waals surface area (Å²) >= 11 is 0. The third kappa shape index (κ3) is 2.72. The molecule has 0 saturated heterocycles. The lowest BCUT2D eigenvalue weighted by atomic mass is 10.1. The van der Waals surface area contributed by atoms with Crippen molar-refractivity contribution in [3.8, 4) is 0 Å². The quantitative estimate of drug-likeness (QED) is 0.799. The molecule has 0 aromatic carbocycles. The van der Waals surface area contributed by atoms with Crippen LogP contribution in [0.1, 0.15) is 30.1 Å². The summed E-state index contributed by atoms with van der Waals surface area (Å²) in [5.41, 5.74) is 0.311. The fraction of sp³-hybridized carbons (Fsp3) is 0.500. The average Bonchev–Trinajstić information content (AvgIpc) is 3.10. The SMILES string of the molecule is CC(CNC(=O)c1ccc(=O)[nH]c1)C1CC1. The van der Waals surface area contributed by atoms with Crippen molar-refractivity contribution in [2.75, 3.05) is 6.54 Å². The van der Waals surface area contributed by atoms with E-state index in [9.17, 15) is 9.59 Å². The average molecular weight is 220 g/mol. The van der Waals surface area contributed by atoms with Crippen molar-refractivity contribution in [1.82, 2.24) is 10.3 Å². The van der Waals surface area contributed by atoms with Crippen LogP contribution < -0.4 is 10.9 Å². The summed E-state index contributed by atoms with van der Waals surface area (Å²) in [5, 5.41) is 2.88.